The van der Waals surface area contributed by atoms with Gasteiger partial charge in [0.25, 0.3) is 11.6 Å². The molecule has 23 heavy (non-hydrogen) atoms. The number of nitriles is 1. The Kier molecular flexibility index (Phi) is 6.75. The largest absolute Gasteiger partial charge is 0.360 e. The van der Waals surface area contributed by atoms with Crippen molar-refractivity contribution in [2.24, 2.45) is 0 Å². The minimum atomic E-state index is -0.527. The van der Waals surface area contributed by atoms with Crippen LogP contribution in [0.1, 0.15) is 0 Å². The maximum absolute atomic E-state index is 12.2. The summed E-state index contributed by atoms with van der Waals surface area (Å²) in [7, 11) is 0. The number of non-ortho nitro benzene ring substituents is 1. The molecule has 0 radical (unpaired) electrons. The van der Waals surface area contributed by atoms with Gasteiger partial charge in [-0.1, -0.05) is 18.2 Å². The molecule has 1 rings (SSSR count). The third-order valence-electron chi connectivity index (χ3n) is 2.78. The molecule has 0 spiro atoms. The predicted molar refractivity (Wildman–Crippen MR) is 87.4 cm³/mol. The summed E-state index contributed by atoms with van der Waals surface area (Å²) in [6.45, 7) is 7.68. The molecule has 0 atom stereocenters. The molecule has 7 nitrogen and oxygen atoms in total. The third-order valence-corrected chi connectivity index (χ3v) is 2.78. The first-order chi connectivity index (χ1) is 11.0. The number of benzene rings is 1. The van der Waals surface area contributed by atoms with E-state index in [-0.39, 0.29) is 24.4 Å². The Morgan fingerprint density at radius 3 is 2.57 bits per heavy atom. The van der Waals surface area contributed by atoms with E-state index in [2.05, 4.69) is 18.5 Å². The smallest absolute Gasteiger partial charge is 0.271 e. The van der Waals surface area contributed by atoms with Gasteiger partial charge in [0.05, 0.1) is 4.92 Å². The van der Waals surface area contributed by atoms with Crippen molar-refractivity contribution in [3.8, 4) is 6.07 Å². The van der Waals surface area contributed by atoms with E-state index in [1.54, 1.807) is 18.2 Å². The van der Waals surface area contributed by atoms with Crippen molar-refractivity contribution < 1.29 is 9.72 Å². The Hall–Kier alpha value is -3.40. The number of anilines is 1. The normalized spacial score (nSPS) is 10.3. The third kappa shape index (κ3) is 5.13. The van der Waals surface area contributed by atoms with Gasteiger partial charge < -0.3 is 10.2 Å². The van der Waals surface area contributed by atoms with Crippen LogP contribution in [-0.4, -0.2) is 28.8 Å². The van der Waals surface area contributed by atoms with Crippen LogP contribution in [0.25, 0.3) is 0 Å². The molecule has 1 aromatic rings. The van der Waals surface area contributed by atoms with Crippen LogP contribution in [0.5, 0.6) is 0 Å². The first-order valence-corrected chi connectivity index (χ1v) is 6.65. The number of hydrogen-bond acceptors (Lipinski definition) is 5. The van der Waals surface area contributed by atoms with Crippen molar-refractivity contribution in [1.82, 2.24) is 4.90 Å². The molecule has 0 saturated heterocycles. The lowest BCUT2D eigenvalue weighted by molar-refractivity contribution is -0.384. The number of carbonyl (C=O) groups excluding carboxylic acids is 1. The number of hydrogen-bond donors (Lipinski definition) is 1. The summed E-state index contributed by atoms with van der Waals surface area (Å²) in [5.74, 6) is -0.481. The molecule has 0 aliphatic carbocycles. The molecule has 0 aliphatic heterocycles. The fraction of sp³-hybridized carbons (Fsp3) is 0.125. The lowest BCUT2D eigenvalue weighted by atomic mass is 10.2. The summed E-state index contributed by atoms with van der Waals surface area (Å²) < 4.78 is 0. The highest BCUT2D eigenvalue weighted by Gasteiger charge is 2.16. The summed E-state index contributed by atoms with van der Waals surface area (Å²) in [6, 6.07) is 7.56. The zero-order valence-corrected chi connectivity index (χ0v) is 12.4. The van der Waals surface area contributed by atoms with Gasteiger partial charge in [0, 0.05) is 37.1 Å². The molecule has 118 valence electrons. The van der Waals surface area contributed by atoms with Crippen LogP contribution in [-0.2, 0) is 4.79 Å². The van der Waals surface area contributed by atoms with E-state index < -0.39 is 10.8 Å². The van der Waals surface area contributed by atoms with Crippen LogP contribution < -0.4 is 5.32 Å². The molecule has 0 heterocycles. The zero-order valence-electron chi connectivity index (χ0n) is 12.4. The minimum absolute atomic E-state index is 0.0897. The van der Waals surface area contributed by atoms with Gasteiger partial charge in [0.1, 0.15) is 11.6 Å². The fourth-order valence-corrected chi connectivity index (χ4v) is 1.73. The Morgan fingerprint density at radius 2 is 2.04 bits per heavy atom. The van der Waals surface area contributed by atoms with Gasteiger partial charge in [-0.05, 0) is 6.07 Å². The van der Waals surface area contributed by atoms with Gasteiger partial charge >= 0.3 is 0 Å². The van der Waals surface area contributed by atoms with Crippen molar-refractivity contribution in [3.05, 3.63) is 71.5 Å². The van der Waals surface area contributed by atoms with Crippen molar-refractivity contribution in [2.75, 3.05) is 18.4 Å². The van der Waals surface area contributed by atoms with Crippen LogP contribution in [0.4, 0.5) is 11.4 Å². The van der Waals surface area contributed by atoms with E-state index in [9.17, 15) is 14.9 Å². The maximum atomic E-state index is 12.2. The predicted octanol–water partition coefficient (Wildman–Crippen LogP) is 2.61. The van der Waals surface area contributed by atoms with Crippen LogP contribution in [0.3, 0.4) is 0 Å². The second-order valence-electron chi connectivity index (χ2n) is 4.41. The minimum Gasteiger partial charge on any atom is -0.360 e. The lowest BCUT2D eigenvalue weighted by Gasteiger charge is -2.18. The molecule has 0 aromatic heterocycles. The number of carbonyl (C=O) groups is 1. The monoisotopic (exact) mass is 312 g/mol. The van der Waals surface area contributed by atoms with Crippen LogP contribution >= 0.6 is 0 Å². The van der Waals surface area contributed by atoms with Gasteiger partial charge in [-0.25, -0.2) is 0 Å². The highest BCUT2D eigenvalue weighted by molar-refractivity contribution is 5.97. The molecule has 0 bridgehead atoms. The quantitative estimate of drug-likeness (QED) is 0.261. The lowest BCUT2D eigenvalue weighted by Crippen LogP contribution is -2.32. The average Bonchev–Trinajstić information content (AvgIpc) is 2.55. The number of amides is 1. The molecular formula is C16H16N4O3. The van der Waals surface area contributed by atoms with Gasteiger partial charge in [-0.15, -0.1) is 13.2 Å². The molecule has 0 aliphatic rings. The van der Waals surface area contributed by atoms with Crippen molar-refractivity contribution >= 4 is 17.3 Å². The van der Waals surface area contributed by atoms with Gasteiger partial charge in [0.2, 0.25) is 0 Å². The molecule has 0 saturated carbocycles. The van der Waals surface area contributed by atoms with Crippen molar-refractivity contribution in [2.45, 2.75) is 0 Å². The summed E-state index contributed by atoms with van der Waals surface area (Å²) in [6.07, 6.45) is 4.31. The van der Waals surface area contributed by atoms with E-state index in [1.807, 2.05) is 6.07 Å². The Bertz CT molecular complexity index is 679. The highest BCUT2D eigenvalue weighted by atomic mass is 16.6. The van der Waals surface area contributed by atoms with Gasteiger partial charge in [-0.2, -0.15) is 5.26 Å². The van der Waals surface area contributed by atoms with Crippen molar-refractivity contribution in [1.29, 1.82) is 5.26 Å². The molecule has 1 aromatic carbocycles. The Balaban J connectivity index is 2.94. The summed E-state index contributed by atoms with van der Waals surface area (Å²) >= 11 is 0. The number of nitro groups is 1. The second-order valence-corrected chi connectivity index (χ2v) is 4.41. The standard InChI is InChI=1S/C16H16N4O3/c1-3-8-19(9-4-2)16(21)13(11-17)12-18-14-6-5-7-15(10-14)20(22)23/h3-7,10,12,18H,1-2,8-9H2/b13-12-. The van der Waals surface area contributed by atoms with E-state index in [0.29, 0.717) is 5.69 Å². The van der Waals surface area contributed by atoms with Crippen LogP contribution in [0, 0.1) is 21.4 Å². The van der Waals surface area contributed by atoms with Gasteiger partial charge in [0.15, 0.2) is 0 Å². The van der Waals surface area contributed by atoms with E-state index in [4.69, 9.17) is 5.26 Å². The maximum Gasteiger partial charge on any atom is 0.271 e. The molecule has 0 unspecified atom stereocenters. The number of nitrogens with zero attached hydrogens (tertiary/aromatic N) is 3. The molecular weight excluding hydrogens is 296 g/mol. The summed E-state index contributed by atoms with van der Waals surface area (Å²) in [4.78, 5) is 23.8. The van der Waals surface area contributed by atoms with E-state index >= 15 is 0 Å². The SMILES string of the molecule is C=CCN(CC=C)C(=O)/C(C#N)=C\Nc1cccc([N+](=O)[O-])c1. The van der Waals surface area contributed by atoms with Crippen molar-refractivity contribution in [3.63, 3.8) is 0 Å². The first kappa shape index (κ1) is 17.7. The Morgan fingerprint density at radius 1 is 1.39 bits per heavy atom. The molecule has 1 amide bonds. The zero-order chi connectivity index (χ0) is 17.2. The number of nitro benzene ring substituents is 1. The molecule has 1 N–H and O–H groups in total. The molecule has 0 fully saturated rings. The summed E-state index contributed by atoms with van der Waals surface area (Å²) in [5, 5.41) is 22.6. The highest BCUT2D eigenvalue weighted by Crippen LogP contribution is 2.17. The van der Waals surface area contributed by atoms with E-state index in [0.717, 1.165) is 0 Å². The Labute approximate surface area is 134 Å². The van der Waals surface area contributed by atoms with Gasteiger partial charge in [-0.3, -0.25) is 14.9 Å². The number of rotatable bonds is 8. The second kappa shape index (κ2) is 8.79. The van der Waals surface area contributed by atoms with Crippen LogP contribution in [0.15, 0.2) is 61.3 Å². The topological polar surface area (TPSA) is 99.3 Å². The summed E-state index contributed by atoms with van der Waals surface area (Å²) in [5.41, 5.74) is 0.187. The van der Waals surface area contributed by atoms with E-state index in [1.165, 1.54) is 29.3 Å². The molecule has 7 heteroatoms. The first-order valence-electron chi connectivity index (χ1n) is 6.65. The van der Waals surface area contributed by atoms with Crippen LogP contribution in [0.2, 0.25) is 0 Å². The average molecular weight is 312 g/mol. The fourth-order valence-electron chi connectivity index (χ4n) is 1.73. The number of nitrogens with one attached hydrogen (secondary N) is 1.